The number of carbonyl (C=O) groups is 5. The highest BCUT2D eigenvalue weighted by Gasteiger charge is 2.78. The van der Waals surface area contributed by atoms with Crippen molar-refractivity contribution in [1.29, 1.82) is 0 Å². The highest BCUT2D eigenvalue weighted by Crippen LogP contribution is 2.64. The maximum absolute atomic E-state index is 15.5. The van der Waals surface area contributed by atoms with Gasteiger partial charge in [-0.05, 0) is 48.4 Å². The molecule has 7 fully saturated rings. The summed E-state index contributed by atoms with van der Waals surface area (Å²) in [6.07, 6.45) is 2.70. The molecular weight excluding hydrogens is 762 g/mol. The smallest absolute Gasteiger partial charge is 0.348 e. The zero-order valence-corrected chi connectivity index (χ0v) is 33.5. The molecule has 2 N–H and O–H groups in total. The van der Waals surface area contributed by atoms with Crippen LogP contribution in [0.5, 0.6) is 0 Å². The number of rotatable bonds is 14. The van der Waals surface area contributed by atoms with E-state index < -0.39 is 88.9 Å². The fourth-order valence-corrected chi connectivity index (χ4v) is 9.91. The number of hydroxylamine groups is 2. The van der Waals surface area contributed by atoms with Crippen molar-refractivity contribution in [3.63, 3.8) is 0 Å². The van der Waals surface area contributed by atoms with E-state index in [0.717, 1.165) is 31.2 Å². The summed E-state index contributed by atoms with van der Waals surface area (Å²) in [5.41, 5.74) is -0.111. The lowest BCUT2D eigenvalue weighted by molar-refractivity contribution is -0.235. The number of nitrogens with zero attached hydrogens (tertiary/aromatic N) is 2. The summed E-state index contributed by atoms with van der Waals surface area (Å²) in [4.78, 5) is 77.4. The van der Waals surface area contributed by atoms with E-state index in [9.17, 15) is 24.3 Å². The minimum Gasteiger partial charge on any atom is -0.462 e. The van der Waals surface area contributed by atoms with Crippen LogP contribution in [0.2, 0.25) is 0 Å². The summed E-state index contributed by atoms with van der Waals surface area (Å²) in [7, 11) is 1.57. The van der Waals surface area contributed by atoms with Gasteiger partial charge in [0.05, 0.1) is 13.2 Å². The number of likely N-dealkylation sites (N-methyl/N-ethyl adjacent to an activating group) is 1. The van der Waals surface area contributed by atoms with E-state index in [1.54, 1.807) is 39.1 Å². The van der Waals surface area contributed by atoms with Crippen LogP contribution in [0, 0.1) is 22.7 Å². The first-order valence-electron chi connectivity index (χ1n) is 20.7. The van der Waals surface area contributed by atoms with Gasteiger partial charge >= 0.3 is 17.9 Å². The average molecular weight is 814 g/mol. The van der Waals surface area contributed by atoms with Crippen LogP contribution in [0.15, 0.2) is 60.7 Å². The number of ether oxygens (including phenoxy) is 5. The Bertz CT molecular complexity index is 2020. The largest absolute Gasteiger partial charge is 0.462 e. The third kappa shape index (κ3) is 6.94. The Morgan fingerprint density at radius 2 is 1.68 bits per heavy atom. The highest BCUT2D eigenvalue weighted by atomic mass is 16.8. The van der Waals surface area contributed by atoms with Crippen molar-refractivity contribution >= 4 is 35.8 Å². The van der Waals surface area contributed by atoms with Crippen LogP contribution in [-0.2, 0) is 65.5 Å². The third-order valence-electron chi connectivity index (χ3n) is 13.2. The first-order valence-corrected chi connectivity index (χ1v) is 20.7. The monoisotopic (exact) mass is 813 g/mol. The normalized spacial score (nSPS) is 31.9. The molecule has 4 saturated heterocycles. The van der Waals surface area contributed by atoms with E-state index in [2.05, 4.69) is 5.32 Å². The van der Waals surface area contributed by atoms with Crippen molar-refractivity contribution in [2.24, 2.45) is 22.7 Å². The number of hydrogen-bond donors (Lipinski definition) is 2. The number of benzene rings is 2. The van der Waals surface area contributed by atoms with Crippen LogP contribution in [-0.4, -0.2) is 120 Å². The van der Waals surface area contributed by atoms with Crippen LogP contribution in [0.1, 0.15) is 62.6 Å². The van der Waals surface area contributed by atoms with Crippen molar-refractivity contribution in [3.8, 4) is 0 Å². The molecule has 7 aliphatic rings. The van der Waals surface area contributed by atoms with Gasteiger partial charge in [0.1, 0.15) is 42.5 Å². The second kappa shape index (κ2) is 15.1. The van der Waals surface area contributed by atoms with Crippen molar-refractivity contribution in [3.05, 3.63) is 77.4 Å². The Labute approximate surface area is 342 Å². The molecular formula is C44H51N3O12. The zero-order valence-electron chi connectivity index (χ0n) is 33.5. The molecule has 59 heavy (non-hydrogen) atoms. The molecule has 0 spiro atoms. The van der Waals surface area contributed by atoms with Gasteiger partial charge in [0.2, 0.25) is 17.9 Å². The highest BCUT2D eigenvalue weighted by molar-refractivity contribution is 5.96. The molecule has 4 heterocycles. The summed E-state index contributed by atoms with van der Waals surface area (Å²) in [6, 6.07) is 14.4. The number of amides is 2. The number of cyclic esters (lactones) is 1. The second-order valence-corrected chi connectivity index (χ2v) is 17.7. The molecule has 2 aromatic rings. The number of esters is 3. The summed E-state index contributed by atoms with van der Waals surface area (Å²) >= 11 is 0. The quantitative estimate of drug-likeness (QED) is 0.162. The van der Waals surface area contributed by atoms with Gasteiger partial charge < -0.3 is 39.0 Å². The molecule has 15 nitrogen and oxygen atoms in total. The summed E-state index contributed by atoms with van der Waals surface area (Å²) in [5, 5.41) is 13.8. The molecule has 2 aromatic carbocycles. The lowest BCUT2D eigenvalue weighted by Crippen LogP contribution is -2.70. The Kier molecular flexibility index (Phi) is 10.2. The molecule has 0 aromatic heterocycles. The number of nitrogens with one attached hydrogen (secondary N) is 1. The topological polar surface area (TPSA) is 179 Å². The molecule has 3 saturated carbocycles. The fraction of sp³-hybridized carbons (Fsp3) is 0.568. The molecule has 0 unspecified atom stereocenters. The minimum atomic E-state index is -1.54. The van der Waals surface area contributed by atoms with Gasteiger partial charge in [0, 0.05) is 49.8 Å². The number of aliphatic hydroxyl groups is 1. The third-order valence-corrected chi connectivity index (χ3v) is 13.2. The first-order chi connectivity index (χ1) is 28.4. The van der Waals surface area contributed by atoms with Crippen LogP contribution >= 0.6 is 0 Å². The van der Waals surface area contributed by atoms with Gasteiger partial charge in [-0.25, -0.2) is 9.59 Å². The van der Waals surface area contributed by atoms with Gasteiger partial charge in [-0.3, -0.25) is 19.2 Å². The van der Waals surface area contributed by atoms with E-state index in [4.69, 9.17) is 28.5 Å². The Morgan fingerprint density at radius 3 is 2.36 bits per heavy atom. The Hall–Kier alpha value is -4.67. The number of fused-ring (bicyclic) bond motifs is 4. The molecule has 3 aliphatic carbocycles. The number of aliphatic hydroxyl groups excluding tert-OH is 1. The fourth-order valence-electron chi connectivity index (χ4n) is 9.91. The van der Waals surface area contributed by atoms with E-state index >= 15 is 4.79 Å². The lowest BCUT2D eigenvalue weighted by atomic mass is 9.62. The van der Waals surface area contributed by atoms with Gasteiger partial charge in [0.25, 0.3) is 0 Å². The van der Waals surface area contributed by atoms with Crippen LogP contribution < -0.4 is 5.32 Å². The molecule has 314 valence electrons. The maximum Gasteiger partial charge on any atom is 0.348 e. The Balaban J connectivity index is 1.05. The zero-order chi connectivity index (χ0) is 41.3. The molecule has 9 rings (SSSR count). The molecule has 2 bridgehead atoms. The molecule has 4 aliphatic heterocycles. The van der Waals surface area contributed by atoms with E-state index in [1.807, 2.05) is 42.5 Å². The van der Waals surface area contributed by atoms with Crippen molar-refractivity contribution in [2.45, 2.75) is 107 Å². The molecule has 15 heteroatoms. The standard InChI is InChI=1S/C44H51N3O12/c1-42(2)24-54-40(52)37(42)56-32(49)18-13-26-11-7-8-12-27(26)23-47-35-39(51)55-31-22-43(35,36(59-47)34-33(31)57-44(58-34,28-14-15-28)29-16-17-29)41(53)46(3)30(38(50)45-19-20-48)21-25-9-5-4-6-10-25/h4-13,18,28-31,33-37,48H,14-17,19-24H2,1-3H3,(H,45,50)/t30-,31-,33+,34+,35+,36-,37+,43+/m1/s1. The molecule has 2 amide bonds. The van der Waals surface area contributed by atoms with Gasteiger partial charge in [-0.1, -0.05) is 68.4 Å². The predicted octanol–water partition coefficient (Wildman–Crippen LogP) is 2.47. The first kappa shape index (κ1) is 39.8. The second-order valence-electron chi connectivity index (χ2n) is 17.7. The minimum absolute atomic E-state index is 0.00384. The van der Waals surface area contributed by atoms with E-state index in [0.29, 0.717) is 11.1 Å². The van der Waals surface area contributed by atoms with Gasteiger partial charge in [-0.15, -0.1) is 0 Å². The summed E-state index contributed by atoms with van der Waals surface area (Å²) in [6.45, 7) is 3.45. The predicted molar refractivity (Wildman–Crippen MR) is 206 cm³/mol. The van der Waals surface area contributed by atoms with Crippen LogP contribution in [0.3, 0.4) is 0 Å². The lowest BCUT2D eigenvalue weighted by Gasteiger charge is -2.50. The van der Waals surface area contributed by atoms with E-state index in [1.165, 1.54) is 16.0 Å². The molecule has 0 radical (unpaired) electrons. The van der Waals surface area contributed by atoms with E-state index in [-0.39, 0.29) is 51.0 Å². The SMILES string of the molecule is CN(C(=O)[C@@]12C[C@H]3OC(=O)[C@@H]1N(Cc1ccccc1C=CC(=O)O[C@H]1C(=O)OCC1(C)C)O[C@@H]2[C@H]1OC(C2CC2)(C2CC2)O[C@H]13)[C@H](Cc1ccccc1)C(=O)NCCO. The summed E-state index contributed by atoms with van der Waals surface area (Å²) < 4.78 is 30.8. The molecule has 8 atom stereocenters. The van der Waals surface area contributed by atoms with Gasteiger partial charge in [-0.2, -0.15) is 5.06 Å². The number of hydrogen-bond acceptors (Lipinski definition) is 13. The maximum atomic E-state index is 15.5. The van der Waals surface area contributed by atoms with Crippen molar-refractivity contribution in [2.75, 3.05) is 26.8 Å². The van der Waals surface area contributed by atoms with Crippen LogP contribution in [0.4, 0.5) is 0 Å². The average Bonchev–Trinajstić information content (AvgIpc) is 4.17. The number of carbonyl (C=O) groups excluding carboxylic acids is 5. The van der Waals surface area contributed by atoms with Crippen molar-refractivity contribution in [1.82, 2.24) is 15.3 Å². The van der Waals surface area contributed by atoms with Crippen LogP contribution in [0.25, 0.3) is 6.08 Å². The summed E-state index contributed by atoms with van der Waals surface area (Å²) in [5.74, 6) is -3.32. The van der Waals surface area contributed by atoms with Crippen molar-refractivity contribution < 1.29 is 57.6 Å². The van der Waals surface area contributed by atoms with Gasteiger partial charge in [0.15, 0.2) is 11.8 Å². The Morgan fingerprint density at radius 1 is 0.983 bits per heavy atom.